The number of carbonyl (C=O) groups excluding carboxylic acids is 1. The fourth-order valence-electron chi connectivity index (χ4n) is 4.36. The van der Waals surface area contributed by atoms with Crippen molar-refractivity contribution < 1.29 is 4.79 Å². The number of pyridine rings is 1. The summed E-state index contributed by atoms with van der Waals surface area (Å²) in [5.41, 5.74) is 3.38. The summed E-state index contributed by atoms with van der Waals surface area (Å²) in [4.78, 5) is 21.0. The van der Waals surface area contributed by atoms with Gasteiger partial charge in [0.15, 0.2) is 11.0 Å². The topological polar surface area (TPSA) is 63.9 Å². The van der Waals surface area contributed by atoms with E-state index in [-0.39, 0.29) is 11.9 Å². The summed E-state index contributed by atoms with van der Waals surface area (Å²) in [5, 5.41) is 11.8. The van der Waals surface area contributed by atoms with Crippen LogP contribution >= 0.6 is 23.1 Å². The third kappa shape index (κ3) is 4.58. The van der Waals surface area contributed by atoms with E-state index in [1.165, 1.54) is 22.2 Å². The number of benzene rings is 1. The Bertz CT molecular complexity index is 1220. The lowest BCUT2D eigenvalue weighted by Crippen LogP contribution is -2.40. The third-order valence-corrected chi connectivity index (χ3v) is 7.89. The number of aromatic nitrogens is 4. The molecule has 1 unspecified atom stereocenters. The van der Waals surface area contributed by atoms with Crippen LogP contribution in [0.5, 0.6) is 0 Å². The molecule has 0 radical (unpaired) electrons. The Morgan fingerprint density at radius 2 is 2.03 bits per heavy atom. The highest BCUT2D eigenvalue weighted by Gasteiger charge is 2.30. The zero-order chi connectivity index (χ0) is 22.6. The molecule has 4 aromatic rings. The molecule has 0 bridgehead atoms. The number of thiophene rings is 1. The van der Waals surface area contributed by atoms with E-state index >= 15 is 0 Å². The minimum absolute atomic E-state index is 0.154. The summed E-state index contributed by atoms with van der Waals surface area (Å²) in [5.74, 6) is 1.26. The molecule has 4 heterocycles. The fraction of sp³-hybridized carbons (Fsp3) is 0.280. The van der Waals surface area contributed by atoms with Gasteiger partial charge >= 0.3 is 0 Å². The summed E-state index contributed by atoms with van der Waals surface area (Å²) in [6.45, 7) is 3.57. The highest BCUT2D eigenvalue weighted by atomic mass is 32.2. The average Bonchev–Trinajstić information content (AvgIpc) is 3.50. The van der Waals surface area contributed by atoms with Crippen molar-refractivity contribution in [2.75, 3.05) is 12.3 Å². The molecule has 8 heteroatoms. The summed E-state index contributed by atoms with van der Waals surface area (Å²) in [6.07, 6.45) is 5.41. The van der Waals surface area contributed by atoms with E-state index in [0.29, 0.717) is 12.3 Å². The van der Waals surface area contributed by atoms with Crippen LogP contribution in [0.3, 0.4) is 0 Å². The molecular formula is C25H25N5OS2. The second kappa shape index (κ2) is 9.89. The summed E-state index contributed by atoms with van der Waals surface area (Å²) in [6, 6.07) is 16.5. The van der Waals surface area contributed by atoms with Gasteiger partial charge in [-0.15, -0.1) is 21.5 Å². The van der Waals surface area contributed by atoms with Crippen LogP contribution in [0.2, 0.25) is 0 Å². The first-order chi connectivity index (χ1) is 16.2. The molecule has 0 N–H and O–H groups in total. The molecule has 0 fully saturated rings. The van der Waals surface area contributed by atoms with Gasteiger partial charge in [-0.1, -0.05) is 49.0 Å². The van der Waals surface area contributed by atoms with Gasteiger partial charge in [-0.3, -0.25) is 14.3 Å². The van der Waals surface area contributed by atoms with Gasteiger partial charge in [0.1, 0.15) is 0 Å². The maximum Gasteiger partial charge on any atom is 0.233 e. The lowest BCUT2D eigenvalue weighted by molar-refractivity contribution is -0.131. The molecule has 0 saturated heterocycles. The third-order valence-electron chi connectivity index (χ3n) is 5.95. The Hall–Kier alpha value is -2.97. The molecule has 0 aliphatic carbocycles. The van der Waals surface area contributed by atoms with Crippen molar-refractivity contribution in [2.45, 2.75) is 37.5 Å². The van der Waals surface area contributed by atoms with E-state index < -0.39 is 0 Å². The molecule has 1 atom stereocenters. The van der Waals surface area contributed by atoms with Crippen LogP contribution < -0.4 is 0 Å². The fourth-order valence-corrected chi connectivity index (χ4v) is 6.11. The van der Waals surface area contributed by atoms with Crippen molar-refractivity contribution in [1.29, 1.82) is 0 Å². The van der Waals surface area contributed by atoms with Crippen molar-refractivity contribution in [3.05, 3.63) is 82.3 Å². The van der Waals surface area contributed by atoms with Gasteiger partial charge in [-0.05, 0) is 47.5 Å². The largest absolute Gasteiger partial charge is 0.335 e. The molecule has 0 saturated carbocycles. The summed E-state index contributed by atoms with van der Waals surface area (Å²) < 4.78 is 2.08. The molecule has 6 nitrogen and oxygen atoms in total. The zero-order valence-electron chi connectivity index (χ0n) is 18.4. The predicted molar refractivity (Wildman–Crippen MR) is 132 cm³/mol. The molecule has 33 heavy (non-hydrogen) atoms. The SMILES string of the molecule is CCC1c2ccsc2CCN1C(=O)CSc1nnc(-c2cccnc2)n1Cc1ccccc1. The lowest BCUT2D eigenvalue weighted by Gasteiger charge is -2.35. The molecule has 1 aromatic carbocycles. The van der Waals surface area contributed by atoms with Crippen molar-refractivity contribution in [3.63, 3.8) is 0 Å². The maximum absolute atomic E-state index is 13.3. The Morgan fingerprint density at radius 1 is 1.15 bits per heavy atom. The highest BCUT2D eigenvalue weighted by molar-refractivity contribution is 7.99. The minimum Gasteiger partial charge on any atom is -0.335 e. The van der Waals surface area contributed by atoms with E-state index in [0.717, 1.165) is 41.5 Å². The van der Waals surface area contributed by atoms with Crippen molar-refractivity contribution >= 4 is 29.0 Å². The van der Waals surface area contributed by atoms with Gasteiger partial charge in [-0.2, -0.15) is 0 Å². The second-order valence-corrected chi connectivity index (χ2v) is 9.91. The maximum atomic E-state index is 13.3. The highest BCUT2D eigenvalue weighted by Crippen LogP contribution is 2.36. The number of hydrogen-bond acceptors (Lipinski definition) is 6. The quantitative estimate of drug-likeness (QED) is 0.349. The average molecular weight is 476 g/mol. The second-order valence-electron chi connectivity index (χ2n) is 7.97. The summed E-state index contributed by atoms with van der Waals surface area (Å²) in [7, 11) is 0. The number of amides is 1. The lowest BCUT2D eigenvalue weighted by atomic mass is 9.98. The number of nitrogens with zero attached hydrogens (tertiary/aromatic N) is 5. The van der Waals surface area contributed by atoms with Crippen molar-refractivity contribution in [2.24, 2.45) is 0 Å². The molecule has 0 spiro atoms. The van der Waals surface area contributed by atoms with Gasteiger partial charge < -0.3 is 4.90 Å². The van der Waals surface area contributed by atoms with Crippen LogP contribution in [0.4, 0.5) is 0 Å². The zero-order valence-corrected chi connectivity index (χ0v) is 20.1. The molecule has 5 rings (SSSR count). The molecular weight excluding hydrogens is 450 g/mol. The van der Waals surface area contributed by atoms with Crippen LogP contribution in [0.1, 0.15) is 35.4 Å². The van der Waals surface area contributed by atoms with Crippen LogP contribution in [0, 0.1) is 0 Å². The molecule has 1 aliphatic rings. The Morgan fingerprint density at radius 3 is 2.82 bits per heavy atom. The smallest absolute Gasteiger partial charge is 0.233 e. The van der Waals surface area contributed by atoms with Crippen LogP contribution in [0.25, 0.3) is 11.4 Å². The molecule has 1 amide bonds. The van der Waals surface area contributed by atoms with Crippen molar-refractivity contribution in [1.82, 2.24) is 24.6 Å². The molecule has 168 valence electrons. The first-order valence-electron chi connectivity index (χ1n) is 11.1. The number of hydrogen-bond donors (Lipinski definition) is 0. The van der Waals surface area contributed by atoms with Gasteiger partial charge in [-0.25, -0.2) is 0 Å². The van der Waals surface area contributed by atoms with Crippen LogP contribution in [-0.4, -0.2) is 42.9 Å². The first kappa shape index (κ1) is 21.9. The predicted octanol–water partition coefficient (Wildman–Crippen LogP) is 5.08. The molecule has 3 aromatic heterocycles. The Kier molecular flexibility index (Phi) is 6.55. The number of carbonyl (C=O) groups is 1. The van der Waals surface area contributed by atoms with Gasteiger partial charge in [0.25, 0.3) is 0 Å². The van der Waals surface area contributed by atoms with Crippen LogP contribution in [-0.2, 0) is 17.8 Å². The minimum atomic E-state index is 0.154. The van der Waals surface area contributed by atoms with E-state index in [1.807, 2.05) is 35.2 Å². The molecule has 1 aliphatic heterocycles. The van der Waals surface area contributed by atoms with E-state index in [2.05, 4.69) is 50.3 Å². The van der Waals surface area contributed by atoms with Crippen molar-refractivity contribution in [3.8, 4) is 11.4 Å². The number of rotatable bonds is 7. The Labute approximate surface area is 201 Å². The van der Waals surface area contributed by atoms with E-state index in [9.17, 15) is 4.79 Å². The van der Waals surface area contributed by atoms with Gasteiger partial charge in [0.2, 0.25) is 5.91 Å². The number of fused-ring (bicyclic) bond motifs is 1. The van der Waals surface area contributed by atoms with Gasteiger partial charge in [0.05, 0.1) is 18.3 Å². The first-order valence-corrected chi connectivity index (χ1v) is 13.0. The van der Waals surface area contributed by atoms with Crippen LogP contribution in [0.15, 0.2) is 71.5 Å². The van der Waals surface area contributed by atoms with E-state index in [1.54, 1.807) is 23.7 Å². The summed E-state index contributed by atoms with van der Waals surface area (Å²) >= 11 is 3.26. The Balaban J connectivity index is 1.37. The number of thioether (sulfide) groups is 1. The van der Waals surface area contributed by atoms with E-state index in [4.69, 9.17) is 0 Å². The van der Waals surface area contributed by atoms with Gasteiger partial charge in [0, 0.05) is 29.4 Å². The standard InChI is InChI=1S/C25H25N5OS2/c1-2-21-20-11-14-32-22(20)10-13-29(21)23(31)17-33-25-28-27-24(19-9-6-12-26-15-19)30(25)16-18-7-4-3-5-8-18/h3-9,11-12,14-15,21H,2,10,13,16-17H2,1H3. The monoisotopic (exact) mass is 475 g/mol. The normalized spacial score (nSPS) is 15.4.